The van der Waals surface area contributed by atoms with Gasteiger partial charge >= 0.3 is 0 Å². The lowest BCUT2D eigenvalue weighted by Crippen LogP contribution is -2.45. The number of carbonyl (C=O) groups is 1. The highest BCUT2D eigenvalue weighted by molar-refractivity contribution is 7.89. The Hall–Kier alpha value is -2.26. The Labute approximate surface area is 191 Å². The van der Waals surface area contributed by atoms with E-state index >= 15 is 0 Å². The second kappa shape index (κ2) is 11.0. The molecule has 2 aromatic rings. The summed E-state index contributed by atoms with van der Waals surface area (Å²) in [6.45, 7) is 12.2. The van der Waals surface area contributed by atoms with Gasteiger partial charge in [-0.15, -0.1) is 0 Å². The van der Waals surface area contributed by atoms with E-state index in [1.807, 2.05) is 37.3 Å². The smallest absolute Gasteiger partial charge is 0.240 e. The van der Waals surface area contributed by atoms with Crippen LogP contribution in [0.5, 0.6) is 0 Å². The van der Waals surface area contributed by atoms with Gasteiger partial charge in [0, 0.05) is 51.4 Å². The number of sulfonamides is 1. The first-order valence-corrected chi connectivity index (χ1v) is 12.7. The number of amides is 1. The van der Waals surface area contributed by atoms with Crippen LogP contribution in [0.4, 0.5) is 5.69 Å². The lowest BCUT2D eigenvalue weighted by atomic mass is 10.1. The number of likely N-dealkylation sites (N-methyl/N-ethyl adjacent to an activating group) is 1. The average molecular weight is 459 g/mol. The van der Waals surface area contributed by atoms with E-state index in [0.29, 0.717) is 11.3 Å². The molecule has 1 fully saturated rings. The number of nitrogens with zero attached hydrogens (tertiary/aromatic N) is 2. The van der Waals surface area contributed by atoms with E-state index in [9.17, 15) is 13.2 Å². The maximum absolute atomic E-state index is 12.5. The van der Waals surface area contributed by atoms with Crippen molar-refractivity contribution in [2.45, 2.75) is 38.6 Å². The van der Waals surface area contributed by atoms with Crippen molar-refractivity contribution in [2.24, 2.45) is 0 Å². The quantitative estimate of drug-likeness (QED) is 0.604. The van der Waals surface area contributed by atoms with Crippen LogP contribution in [0.2, 0.25) is 0 Å². The topological polar surface area (TPSA) is 81.8 Å². The monoisotopic (exact) mass is 458 g/mol. The summed E-state index contributed by atoms with van der Waals surface area (Å²) in [5, 5.41) is 2.84. The summed E-state index contributed by atoms with van der Waals surface area (Å²) in [6, 6.07) is 13.2. The van der Waals surface area contributed by atoms with Gasteiger partial charge in [-0.25, -0.2) is 13.1 Å². The van der Waals surface area contributed by atoms with Gasteiger partial charge in [-0.3, -0.25) is 9.69 Å². The fraction of sp³-hybridized carbons (Fsp3) is 0.458. The van der Waals surface area contributed by atoms with Gasteiger partial charge in [0.1, 0.15) is 0 Å². The summed E-state index contributed by atoms with van der Waals surface area (Å²) in [5.41, 5.74) is 3.49. The molecular weight excluding hydrogens is 424 g/mol. The summed E-state index contributed by atoms with van der Waals surface area (Å²) in [7, 11) is -3.64. The number of piperazine rings is 1. The molecule has 3 rings (SSSR count). The fourth-order valence-corrected chi connectivity index (χ4v) is 5.17. The van der Waals surface area contributed by atoms with E-state index in [-0.39, 0.29) is 23.8 Å². The maximum atomic E-state index is 12.5. The van der Waals surface area contributed by atoms with Crippen molar-refractivity contribution < 1.29 is 13.2 Å². The van der Waals surface area contributed by atoms with Crippen LogP contribution in [0.25, 0.3) is 0 Å². The molecule has 0 aliphatic carbocycles. The van der Waals surface area contributed by atoms with E-state index in [2.05, 4.69) is 26.8 Å². The molecule has 0 spiro atoms. The van der Waals surface area contributed by atoms with Crippen LogP contribution in [-0.4, -0.2) is 63.4 Å². The minimum atomic E-state index is -3.64. The highest BCUT2D eigenvalue weighted by atomic mass is 32.2. The van der Waals surface area contributed by atoms with Gasteiger partial charge in [-0.2, -0.15) is 0 Å². The molecule has 7 nitrogen and oxygen atoms in total. The minimum Gasteiger partial charge on any atom is -0.326 e. The molecule has 32 heavy (non-hydrogen) atoms. The lowest BCUT2D eigenvalue weighted by Gasteiger charge is -2.34. The number of anilines is 1. The number of hydrogen-bond donors (Lipinski definition) is 2. The van der Waals surface area contributed by atoms with Gasteiger partial charge < -0.3 is 10.2 Å². The Bertz CT molecular complexity index is 1010. The molecule has 174 valence electrons. The number of hydrogen-bond acceptors (Lipinski definition) is 5. The molecule has 0 aromatic heterocycles. The van der Waals surface area contributed by atoms with Crippen molar-refractivity contribution in [3.05, 3.63) is 59.2 Å². The standard InChI is InChI=1S/C24H34N4O3S/c1-4-27-13-15-28(16-14-27)18-21-7-9-22(10-8-21)26-24(29)11-12-25-32(30,31)23-17-19(2)5-6-20(23)3/h5-10,17,25H,4,11-16,18H2,1-3H3,(H,26,29). The zero-order valence-corrected chi connectivity index (χ0v) is 20.0. The molecule has 0 saturated carbocycles. The van der Waals surface area contributed by atoms with Gasteiger partial charge in [0.05, 0.1) is 4.90 Å². The van der Waals surface area contributed by atoms with E-state index in [1.54, 1.807) is 19.1 Å². The van der Waals surface area contributed by atoms with Gasteiger partial charge in [0.25, 0.3) is 0 Å². The van der Waals surface area contributed by atoms with E-state index in [0.717, 1.165) is 44.8 Å². The SMILES string of the molecule is CCN1CCN(Cc2ccc(NC(=O)CCNS(=O)(=O)c3cc(C)ccc3C)cc2)CC1. The average Bonchev–Trinajstić information content (AvgIpc) is 2.77. The Morgan fingerprint density at radius 3 is 2.28 bits per heavy atom. The van der Waals surface area contributed by atoms with Crippen LogP contribution in [0.1, 0.15) is 30.0 Å². The first-order valence-electron chi connectivity index (χ1n) is 11.2. The zero-order valence-electron chi connectivity index (χ0n) is 19.2. The van der Waals surface area contributed by atoms with Crippen molar-refractivity contribution >= 4 is 21.6 Å². The molecule has 0 unspecified atom stereocenters. The first kappa shape index (κ1) is 24.4. The van der Waals surface area contributed by atoms with Crippen molar-refractivity contribution in [3.63, 3.8) is 0 Å². The molecule has 2 N–H and O–H groups in total. The number of carbonyl (C=O) groups excluding carboxylic acids is 1. The number of aryl methyl sites for hydroxylation is 2. The molecule has 1 aliphatic heterocycles. The Morgan fingerprint density at radius 2 is 1.62 bits per heavy atom. The van der Waals surface area contributed by atoms with Crippen LogP contribution >= 0.6 is 0 Å². The lowest BCUT2D eigenvalue weighted by molar-refractivity contribution is -0.116. The second-order valence-corrected chi connectivity index (χ2v) is 10.1. The van der Waals surface area contributed by atoms with Crippen molar-refractivity contribution in [1.82, 2.24) is 14.5 Å². The predicted molar refractivity (Wildman–Crippen MR) is 128 cm³/mol. The second-order valence-electron chi connectivity index (χ2n) is 8.37. The largest absolute Gasteiger partial charge is 0.326 e. The van der Waals surface area contributed by atoms with Crippen molar-refractivity contribution in [3.8, 4) is 0 Å². The third-order valence-electron chi connectivity index (χ3n) is 5.83. The molecule has 1 aliphatic rings. The summed E-state index contributed by atoms with van der Waals surface area (Å²) in [4.78, 5) is 17.4. The van der Waals surface area contributed by atoms with Crippen LogP contribution in [0, 0.1) is 13.8 Å². The molecule has 0 radical (unpaired) electrons. The molecule has 0 atom stereocenters. The summed E-state index contributed by atoms with van der Waals surface area (Å²) in [6.07, 6.45) is 0.0630. The third kappa shape index (κ3) is 6.87. The van der Waals surface area contributed by atoms with Gasteiger partial charge in [0.2, 0.25) is 15.9 Å². The van der Waals surface area contributed by atoms with Crippen molar-refractivity contribution in [1.29, 1.82) is 0 Å². The summed E-state index contributed by atoms with van der Waals surface area (Å²) < 4.78 is 27.6. The van der Waals surface area contributed by atoms with E-state index < -0.39 is 10.0 Å². The fourth-order valence-electron chi connectivity index (χ4n) is 3.81. The minimum absolute atomic E-state index is 0.0450. The van der Waals surface area contributed by atoms with Gasteiger partial charge in [-0.1, -0.05) is 31.2 Å². The predicted octanol–water partition coefficient (Wildman–Crippen LogP) is 2.75. The zero-order chi connectivity index (χ0) is 23.1. The van der Waals surface area contributed by atoms with E-state index in [1.165, 1.54) is 5.56 Å². The molecule has 0 bridgehead atoms. The van der Waals surface area contributed by atoms with Crippen LogP contribution in [0.3, 0.4) is 0 Å². The van der Waals surface area contributed by atoms with Gasteiger partial charge in [0.15, 0.2) is 0 Å². The van der Waals surface area contributed by atoms with Crippen LogP contribution < -0.4 is 10.0 Å². The Balaban J connectivity index is 1.44. The highest BCUT2D eigenvalue weighted by Crippen LogP contribution is 2.17. The molecule has 1 amide bonds. The number of nitrogens with one attached hydrogen (secondary N) is 2. The number of rotatable bonds is 9. The molecule has 1 heterocycles. The first-order chi connectivity index (χ1) is 15.3. The maximum Gasteiger partial charge on any atom is 0.240 e. The van der Waals surface area contributed by atoms with Gasteiger partial charge in [-0.05, 0) is 55.3 Å². The number of benzene rings is 2. The summed E-state index contributed by atoms with van der Waals surface area (Å²) in [5.74, 6) is -0.225. The Kier molecular flexibility index (Phi) is 8.42. The van der Waals surface area contributed by atoms with Crippen molar-refractivity contribution in [2.75, 3.05) is 44.6 Å². The van der Waals surface area contributed by atoms with Crippen LogP contribution in [-0.2, 0) is 21.4 Å². The highest BCUT2D eigenvalue weighted by Gasteiger charge is 2.17. The third-order valence-corrected chi connectivity index (χ3v) is 7.44. The van der Waals surface area contributed by atoms with Crippen LogP contribution in [0.15, 0.2) is 47.4 Å². The normalized spacial score (nSPS) is 15.6. The molecule has 2 aromatic carbocycles. The van der Waals surface area contributed by atoms with E-state index in [4.69, 9.17) is 0 Å². The molecule has 8 heteroatoms. The Morgan fingerprint density at radius 1 is 0.969 bits per heavy atom. The molecule has 1 saturated heterocycles. The molecular formula is C24H34N4O3S. The summed E-state index contributed by atoms with van der Waals surface area (Å²) >= 11 is 0.